The lowest BCUT2D eigenvalue weighted by Crippen LogP contribution is -2.40. The molecule has 0 radical (unpaired) electrons. The molecule has 1 aromatic carbocycles. The molecule has 0 fully saturated rings. The first-order valence-corrected chi connectivity index (χ1v) is 8.43. The van der Waals surface area contributed by atoms with Crippen LogP contribution in [-0.4, -0.2) is 28.2 Å². The number of anilines is 1. The quantitative estimate of drug-likeness (QED) is 0.942. The Morgan fingerprint density at radius 1 is 1.39 bits per heavy atom. The highest BCUT2D eigenvalue weighted by molar-refractivity contribution is 7.15. The third-order valence-corrected chi connectivity index (χ3v) is 4.89. The molecule has 5 nitrogen and oxygen atoms in total. The number of fused-ring (bicyclic) bond motifs is 1. The van der Waals surface area contributed by atoms with Crippen LogP contribution in [0, 0.1) is 6.92 Å². The molecular weight excluding hydrogens is 310 g/mol. The predicted octanol–water partition coefficient (Wildman–Crippen LogP) is 2.93. The molecule has 0 spiro atoms. The molecule has 3 rings (SSSR count). The second kappa shape index (κ2) is 6.50. The van der Waals surface area contributed by atoms with Crippen molar-refractivity contribution in [2.45, 2.75) is 32.7 Å². The molecule has 2 amide bonds. The molecule has 1 atom stereocenters. The number of hydrogen-bond donors (Lipinski definition) is 1. The van der Waals surface area contributed by atoms with Crippen molar-refractivity contribution < 1.29 is 9.59 Å². The van der Waals surface area contributed by atoms with Crippen LogP contribution in [0.15, 0.2) is 30.5 Å². The van der Waals surface area contributed by atoms with Gasteiger partial charge < -0.3 is 10.2 Å². The summed E-state index contributed by atoms with van der Waals surface area (Å²) in [4.78, 5) is 31.3. The first-order valence-electron chi connectivity index (χ1n) is 7.62. The molecule has 1 aliphatic rings. The third-order valence-electron chi connectivity index (χ3n) is 4.06. The van der Waals surface area contributed by atoms with Gasteiger partial charge in [-0.05, 0) is 24.5 Å². The fraction of sp³-hybridized carbons (Fsp3) is 0.353. The summed E-state index contributed by atoms with van der Waals surface area (Å²) in [6, 6.07) is 7.83. The minimum atomic E-state index is -0.210. The molecule has 6 heteroatoms. The van der Waals surface area contributed by atoms with Crippen molar-refractivity contribution in [3.05, 3.63) is 46.5 Å². The smallest absolute Gasteiger partial charge is 0.228 e. The molecule has 0 saturated heterocycles. The van der Waals surface area contributed by atoms with Gasteiger partial charge in [-0.3, -0.25) is 9.59 Å². The molecule has 1 N–H and O–H groups in total. The van der Waals surface area contributed by atoms with Gasteiger partial charge in [0, 0.05) is 24.5 Å². The van der Waals surface area contributed by atoms with Gasteiger partial charge in [0.05, 0.1) is 12.5 Å². The lowest BCUT2D eigenvalue weighted by Gasteiger charge is -2.36. The molecule has 1 unspecified atom stereocenters. The monoisotopic (exact) mass is 329 g/mol. The van der Waals surface area contributed by atoms with E-state index in [9.17, 15) is 9.59 Å². The van der Waals surface area contributed by atoms with Crippen LogP contribution < -0.4 is 5.32 Å². The SMILES string of the molecule is CC(=O)N1CCc2ccccc2C1CC(=O)Nc1ncc(C)s1. The maximum atomic E-state index is 12.4. The fourth-order valence-electron chi connectivity index (χ4n) is 3.01. The Morgan fingerprint density at radius 2 is 2.17 bits per heavy atom. The lowest BCUT2D eigenvalue weighted by atomic mass is 9.90. The van der Waals surface area contributed by atoms with Gasteiger partial charge in [-0.2, -0.15) is 0 Å². The number of amides is 2. The van der Waals surface area contributed by atoms with Crippen LogP contribution in [0.1, 0.15) is 35.4 Å². The van der Waals surface area contributed by atoms with Gasteiger partial charge in [0.2, 0.25) is 11.8 Å². The average molecular weight is 329 g/mol. The summed E-state index contributed by atoms with van der Waals surface area (Å²) in [6.45, 7) is 4.16. The number of hydrogen-bond acceptors (Lipinski definition) is 4. The van der Waals surface area contributed by atoms with Gasteiger partial charge >= 0.3 is 0 Å². The van der Waals surface area contributed by atoms with Crippen LogP contribution in [0.3, 0.4) is 0 Å². The second-order valence-electron chi connectivity index (χ2n) is 5.71. The van der Waals surface area contributed by atoms with Crippen LogP contribution in [0.4, 0.5) is 5.13 Å². The van der Waals surface area contributed by atoms with E-state index < -0.39 is 0 Å². The van der Waals surface area contributed by atoms with Crippen molar-refractivity contribution in [3.63, 3.8) is 0 Å². The van der Waals surface area contributed by atoms with E-state index >= 15 is 0 Å². The number of nitrogens with zero attached hydrogens (tertiary/aromatic N) is 2. The Labute approximate surface area is 139 Å². The standard InChI is InChI=1S/C17H19N3O2S/c1-11-10-18-17(23-11)19-16(22)9-15-14-6-4-3-5-13(14)7-8-20(15)12(2)21/h3-6,10,15H,7-9H2,1-2H3,(H,18,19,22). The largest absolute Gasteiger partial charge is 0.335 e. The maximum Gasteiger partial charge on any atom is 0.228 e. The molecule has 1 aliphatic heterocycles. The van der Waals surface area contributed by atoms with Gasteiger partial charge in [-0.25, -0.2) is 4.98 Å². The summed E-state index contributed by atoms with van der Waals surface area (Å²) in [5.74, 6) is -0.116. The van der Waals surface area contributed by atoms with E-state index in [0.29, 0.717) is 11.7 Å². The van der Waals surface area contributed by atoms with Crippen LogP contribution in [0.25, 0.3) is 0 Å². The van der Waals surface area contributed by atoms with Crippen molar-refractivity contribution in [1.82, 2.24) is 9.88 Å². The molecule has 0 saturated carbocycles. The number of benzene rings is 1. The van der Waals surface area contributed by atoms with Crippen molar-refractivity contribution in [2.24, 2.45) is 0 Å². The van der Waals surface area contributed by atoms with E-state index in [4.69, 9.17) is 0 Å². The van der Waals surface area contributed by atoms with Crippen molar-refractivity contribution in [1.29, 1.82) is 0 Å². The highest BCUT2D eigenvalue weighted by Crippen LogP contribution is 2.32. The van der Waals surface area contributed by atoms with Crippen molar-refractivity contribution in [2.75, 3.05) is 11.9 Å². The van der Waals surface area contributed by atoms with Crippen LogP contribution in [0.5, 0.6) is 0 Å². The van der Waals surface area contributed by atoms with Gasteiger partial charge in [-0.15, -0.1) is 11.3 Å². The average Bonchev–Trinajstić information content (AvgIpc) is 2.92. The van der Waals surface area contributed by atoms with E-state index in [1.807, 2.05) is 25.1 Å². The number of rotatable bonds is 3. The van der Waals surface area contributed by atoms with Gasteiger partial charge in [0.15, 0.2) is 5.13 Å². The number of carbonyl (C=O) groups is 2. The molecule has 1 aromatic heterocycles. The normalized spacial score (nSPS) is 16.8. The van der Waals surface area contributed by atoms with Crippen LogP contribution in [0.2, 0.25) is 0 Å². The first kappa shape index (κ1) is 15.7. The number of aromatic nitrogens is 1. The zero-order valence-corrected chi connectivity index (χ0v) is 14.0. The Morgan fingerprint density at radius 3 is 2.87 bits per heavy atom. The Balaban J connectivity index is 1.80. The van der Waals surface area contributed by atoms with E-state index in [1.54, 1.807) is 18.0 Å². The number of thiazole rings is 1. The molecule has 0 aliphatic carbocycles. The molecule has 2 heterocycles. The fourth-order valence-corrected chi connectivity index (χ4v) is 3.69. The Bertz CT molecular complexity index is 741. The van der Waals surface area contributed by atoms with E-state index in [1.165, 1.54) is 16.9 Å². The second-order valence-corrected chi connectivity index (χ2v) is 6.94. The Hall–Kier alpha value is -2.21. The van der Waals surface area contributed by atoms with Gasteiger partial charge in [0.1, 0.15) is 0 Å². The van der Waals surface area contributed by atoms with E-state index in [2.05, 4.69) is 16.4 Å². The number of aryl methyl sites for hydroxylation is 1. The minimum Gasteiger partial charge on any atom is -0.335 e. The van der Waals surface area contributed by atoms with Crippen LogP contribution >= 0.6 is 11.3 Å². The predicted molar refractivity (Wildman–Crippen MR) is 90.4 cm³/mol. The summed E-state index contributed by atoms with van der Waals surface area (Å²) >= 11 is 1.45. The molecule has 2 aromatic rings. The zero-order chi connectivity index (χ0) is 16.4. The highest BCUT2D eigenvalue weighted by atomic mass is 32.1. The minimum absolute atomic E-state index is 0.00222. The highest BCUT2D eigenvalue weighted by Gasteiger charge is 2.30. The van der Waals surface area contributed by atoms with Crippen molar-refractivity contribution in [3.8, 4) is 0 Å². The summed E-state index contributed by atoms with van der Waals surface area (Å²) in [5.41, 5.74) is 2.28. The number of carbonyl (C=O) groups excluding carboxylic acids is 2. The summed E-state index contributed by atoms with van der Waals surface area (Å²) in [6.07, 6.45) is 2.81. The first-order chi connectivity index (χ1) is 11.0. The third kappa shape index (κ3) is 3.42. The topological polar surface area (TPSA) is 62.3 Å². The van der Waals surface area contributed by atoms with Crippen LogP contribution in [-0.2, 0) is 16.0 Å². The zero-order valence-electron chi connectivity index (χ0n) is 13.2. The summed E-state index contributed by atoms with van der Waals surface area (Å²) in [7, 11) is 0. The lowest BCUT2D eigenvalue weighted by molar-refractivity contribution is -0.132. The summed E-state index contributed by atoms with van der Waals surface area (Å²) in [5, 5.41) is 3.43. The van der Waals surface area contributed by atoms with Gasteiger partial charge in [0.25, 0.3) is 0 Å². The van der Waals surface area contributed by atoms with Gasteiger partial charge in [-0.1, -0.05) is 24.3 Å². The van der Waals surface area contributed by atoms with E-state index in [0.717, 1.165) is 16.9 Å². The molecular formula is C17H19N3O2S. The Kier molecular flexibility index (Phi) is 4.43. The molecule has 0 bridgehead atoms. The molecule has 120 valence electrons. The number of nitrogens with one attached hydrogen (secondary N) is 1. The maximum absolute atomic E-state index is 12.4. The van der Waals surface area contributed by atoms with E-state index in [-0.39, 0.29) is 24.3 Å². The molecule has 23 heavy (non-hydrogen) atoms. The summed E-state index contributed by atoms with van der Waals surface area (Å²) < 4.78 is 0. The van der Waals surface area contributed by atoms with Crippen molar-refractivity contribution >= 4 is 28.3 Å².